The second-order valence-electron chi connectivity index (χ2n) is 4.32. The molecule has 2 N–H and O–H groups in total. The summed E-state index contributed by atoms with van der Waals surface area (Å²) in [5, 5.41) is 9.77. The van der Waals surface area contributed by atoms with Crippen LogP contribution < -0.4 is 11.4 Å². The van der Waals surface area contributed by atoms with Gasteiger partial charge in [-0.1, -0.05) is 23.5 Å². The second kappa shape index (κ2) is 5.92. The lowest BCUT2D eigenvalue weighted by Crippen LogP contribution is -2.20. The van der Waals surface area contributed by atoms with Gasteiger partial charge in [0, 0.05) is 24.6 Å². The minimum absolute atomic E-state index is 0.173. The highest BCUT2D eigenvalue weighted by Gasteiger charge is 2.09. The molecule has 0 unspecified atom stereocenters. The van der Waals surface area contributed by atoms with Crippen LogP contribution in [0.25, 0.3) is 0 Å². The van der Waals surface area contributed by atoms with Crippen molar-refractivity contribution in [3.63, 3.8) is 0 Å². The van der Waals surface area contributed by atoms with E-state index in [9.17, 15) is 9.59 Å². The topological polar surface area (TPSA) is 101 Å². The van der Waals surface area contributed by atoms with Gasteiger partial charge in [0.05, 0.1) is 0 Å². The number of nitrogens with one attached hydrogen (secondary N) is 2. The first-order valence-electron chi connectivity index (χ1n) is 6.32. The van der Waals surface area contributed by atoms with Crippen LogP contribution in [0.4, 0.5) is 0 Å². The first kappa shape index (κ1) is 13.6. The van der Waals surface area contributed by atoms with Gasteiger partial charge < -0.3 is 0 Å². The lowest BCUT2D eigenvalue weighted by atomic mass is 10.3. The molecule has 0 saturated heterocycles. The standard InChI is InChI=1S/C10H14N6O2S2/c17-9-11-7-13-15(9)3-1-2-4-16-10(18)12-8(14-16)20-6-5-19-7/h1-6H2,(H,11,13,17)(H,12,14,18). The Morgan fingerprint density at radius 3 is 1.75 bits per heavy atom. The Bertz CT molecular complexity index is 639. The van der Waals surface area contributed by atoms with Crippen molar-refractivity contribution in [1.82, 2.24) is 29.5 Å². The number of hydrogen-bond acceptors (Lipinski definition) is 6. The van der Waals surface area contributed by atoms with Crippen LogP contribution in [0, 0.1) is 0 Å². The van der Waals surface area contributed by atoms with Crippen molar-refractivity contribution < 1.29 is 0 Å². The van der Waals surface area contributed by atoms with E-state index in [4.69, 9.17) is 0 Å². The average Bonchev–Trinajstić information content (AvgIpc) is 2.94. The zero-order valence-corrected chi connectivity index (χ0v) is 12.3. The third-order valence-corrected chi connectivity index (χ3v) is 4.86. The number of aromatic amines is 2. The van der Waals surface area contributed by atoms with Gasteiger partial charge in [-0.2, -0.15) is 0 Å². The maximum atomic E-state index is 11.7. The van der Waals surface area contributed by atoms with Gasteiger partial charge >= 0.3 is 11.4 Å². The average molecular weight is 314 g/mol. The Labute approximate surface area is 122 Å². The predicted molar refractivity (Wildman–Crippen MR) is 76.4 cm³/mol. The van der Waals surface area contributed by atoms with Crippen LogP contribution >= 0.6 is 23.5 Å². The quantitative estimate of drug-likeness (QED) is 0.717. The summed E-state index contributed by atoms with van der Waals surface area (Å²) in [6.07, 6.45) is 1.55. The number of thioether (sulfide) groups is 2. The van der Waals surface area contributed by atoms with E-state index in [1.165, 1.54) is 32.9 Å². The summed E-state index contributed by atoms with van der Waals surface area (Å²) in [6, 6.07) is 0. The van der Waals surface area contributed by atoms with Crippen LogP contribution in [0.3, 0.4) is 0 Å². The number of aromatic nitrogens is 6. The van der Waals surface area contributed by atoms with Gasteiger partial charge in [0.1, 0.15) is 0 Å². The molecule has 0 radical (unpaired) electrons. The highest BCUT2D eigenvalue weighted by atomic mass is 32.2. The highest BCUT2D eigenvalue weighted by molar-refractivity contribution is 8.02. The normalized spacial score (nSPS) is 16.8. The molecule has 3 heterocycles. The maximum Gasteiger partial charge on any atom is 0.343 e. The van der Waals surface area contributed by atoms with E-state index in [1.54, 1.807) is 0 Å². The largest absolute Gasteiger partial charge is 0.343 e. The fourth-order valence-electron chi connectivity index (χ4n) is 1.90. The molecule has 0 amide bonds. The smallest absolute Gasteiger partial charge is 0.284 e. The minimum Gasteiger partial charge on any atom is -0.284 e. The predicted octanol–water partition coefficient (Wildman–Crippen LogP) is 0.134. The van der Waals surface area contributed by atoms with Crippen LogP contribution in [0.15, 0.2) is 19.9 Å². The number of hydrogen-bond donors (Lipinski definition) is 2. The summed E-state index contributed by atoms with van der Waals surface area (Å²) in [5.41, 5.74) is -0.345. The fraction of sp³-hybridized carbons (Fsp3) is 0.600. The summed E-state index contributed by atoms with van der Waals surface area (Å²) in [6.45, 7) is 1.10. The summed E-state index contributed by atoms with van der Waals surface area (Å²) < 4.78 is 2.89. The van der Waals surface area contributed by atoms with Crippen LogP contribution in [0.2, 0.25) is 0 Å². The van der Waals surface area contributed by atoms with E-state index >= 15 is 0 Å². The van der Waals surface area contributed by atoms with Crippen molar-refractivity contribution in [2.45, 2.75) is 36.2 Å². The second-order valence-corrected chi connectivity index (χ2v) is 6.49. The van der Waals surface area contributed by atoms with E-state index in [2.05, 4.69) is 20.2 Å². The van der Waals surface area contributed by atoms with Gasteiger partial charge in [-0.3, -0.25) is 9.97 Å². The van der Waals surface area contributed by atoms with Crippen molar-refractivity contribution in [3.05, 3.63) is 21.0 Å². The number of H-pyrrole nitrogens is 2. The summed E-state index contributed by atoms with van der Waals surface area (Å²) in [4.78, 5) is 28.8. The van der Waals surface area contributed by atoms with Gasteiger partial charge in [0.15, 0.2) is 10.3 Å². The lowest BCUT2D eigenvalue weighted by molar-refractivity contribution is 0.480. The molecule has 10 heteroatoms. The van der Waals surface area contributed by atoms with Crippen molar-refractivity contribution >= 4 is 23.5 Å². The third kappa shape index (κ3) is 3.01. The van der Waals surface area contributed by atoms with Crippen LogP contribution in [-0.2, 0) is 13.1 Å². The number of nitrogens with zero attached hydrogens (tertiary/aromatic N) is 4. The molecule has 2 aromatic rings. The number of fused-ring (bicyclic) bond motifs is 4. The van der Waals surface area contributed by atoms with Gasteiger partial charge in [-0.05, 0) is 12.8 Å². The molecule has 0 fully saturated rings. The first-order valence-corrected chi connectivity index (χ1v) is 8.29. The molecule has 0 aromatic carbocycles. The molecule has 0 aliphatic carbocycles. The van der Waals surface area contributed by atoms with Crippen molar-refractivity contribution in [2.24, 2.45) is 0 Å². The summed E-state index contributed by atoms with van der Waals surface area (Å²) in [7, 11) is 0. The van der Waals surface area contributed by atoms with Gasteiger partial charge in [-0.25, -0.2) is 19.0 Å². The fourth-order valence-corrected chi connectivity index (χ4v) is 3.59. The molecular weight excluding hydrogens is 300 g/mol. The van der Waals surface area contributed by atoms with Gasteiger partial charge in [0.2, 0.25) is 0 Å². The molecule has 8 nitrogen and oxygen atoms in total. The van der Waals surface area contributed by atoms with Crippen molar-refractivity contribution in [2.75, 3.05) is 11.5 Å². The minimum atomic E-state index is -0.173. The molecule has 3 rings (SSSR count). The van der Waals surface area contributed by atoms with Crippen LogP contribution in [-0.4, -0.2) is 41.0 Å². The Balaban J connectivity index is 1.77. The van der Waals surface area contributed by atoms with E-state index in [1.807, 2.05) is 0 Å². The molecule has 4 bridgehead atoms. The van der Waals surface area contributed by atoms with Crippen LogP contribution in [0.5, 0.6) is 0 Å². The molecule has 0 spiro atoms. The molecule has 0 saturated carbocycles. The SMILES string of the molecule is O=c1[nH]c2nn1CCCCn1nc([nH]c1=O)SCCS2. The molecule has 108 valence electrons. The molecule has 2 aromatic heterocycles. The van der Waals surface area contributed by atoms with E-state index in [-0.39, 0.29) is 11.4 Å². The Hall–Kier alpha value is -1.42. The summed E-state index contributed by atoms with van der Waals surface area (Å²) in [5.74, 6) is 1.57. The van der Waals surface area contributed by atoms with E-state index in [0.29, 0.717) is 23.4 Å². The number of rotatable bonds is 0. The van der Waals surface area contributed by atoms with Gasteiger partial charge in [0.25, 0.3) is 0 Å². The Morgan fingerprint density at radius 1 is 0.850 bits per heavy atom. The maximum absolute atomic E-state index is 11.7. The van der Waals surface area contributed by atoms with E-state index in [0.717, 1.165) is 24.3 Å². The first-order chi connectivity index (χ1) is 9.72. The monoisotopic (exact) mass is 314 g/mol. The lowest BCUT2D eigenvalue weighted by Gasteiger charge is -2.01. The van der Waals surface area contributed by atoms with Crippen LogP contribution in [0.1, 0.15) is 12.8 Å². The highest BCUT2D eigenvalue weighted by Crippen LogP contribution is 2.17. The number of aryl methyl sites for hydroxylation is 2. The zero-order valence-electron chi connectivity index (χ0n) is 10.7. The molecule has 1 aliphatic heterocycles. The molecular formula is C10H14N6O2S2. The Morgan fingerprint density at radius 2 is 1.30 bits per heavy atom. The summed E-state index contributed by atoms with van der Waals surface area (Å²) >= 11 is 2.99. The van der Waals surface area contributed by atoms with Crippen molar-refractivity contribution in [1.29, 1.82) is 0 Å². The van der Waals surface area contributed by atoms with Crippen molar-refractivity contribution in [3.8, 4) is 0 Å². The Kier molecular flexibility index (Phi) is 4.01. The molecule has 0 atom stereocenters. The molecule has 1 aliphatic rings. The zero-order chi connectivity index (χ0) is 13.9. The molecule has 20 heavy (non-hydrogen) atoms. The third-order valence-electron chi connectivity index (χ3n) is 2.87. The van der Waals surface area contributed by atoms with E-state index < -0.39 is 0 Å². The van der Waals surface area contributed by atoms with Gasteiger partial charge in [-0.15, -0.1) is 10.2 Å².